The van der Waals surface area contributed by atoms with Gasteiger partial charge in [0.25, 0.3) is 0 Å². The third-order valence-electron chi connectivity index (χ3n) is 5.98. The Morgan fingerprint density at radius 2 is 1.85 bits per heavy atom. The van der Waals surface area contributed by atoms with Gasteiger partial charge in [-0.05, 0) is 11.8 Å². The van der Waals surface area contributed by atoms with E-state index >= 15 is 0 Å². The summed E-state index contributed by atoms with van der Waals surface area (Å²) in [6.45, 7) is 11.1. The number of hydrogen-bond donors (Lipinski definition) is 1. The molecule has 3 aliphatic rings. The minimum Gasteiger partial charge on any atom is -0.379 e. The molecular weight excluding hydrogens is 391 g/mol. The highest BCUT2D eigenvalue weighted by atomic mass is 35.5. The van der Waals surface area contributed by atoms with Gasteiger partial charge in [-0.15, -0.1) is 24.8 Å². The Morgan fingerprint density at radius 1 is 1.19 bits per heavy atom. The predicted octanol–water partition coefficient (Wildman–Crippen LogP) is 0.597. The van der Waals surface area contributed by atoms with E-state index in [1.807, 2.05) is 9.80 Å². The van der Waals surface area contributed by atoms with Gasteiger partial charge < -0.3 is 20.3 Å². The lowest BCUT2D eigenvalue weighted by Crippen LogP contribution is -2.55. The zero-order valence-electron chi connectivity index (χ0n) is 16.4. The zero-order valence-corrected chi connectivity index (χ0v) is 18.0. The Morgan fingerprint density at radius 3 is 2.48 bits per heavy atom. The van der Waals surface area contributed by atoms with E-state index in [1.54, 1.807) is 0 Å². The van der Waals surface area contributed by atoms with Crippen molar-refractivity contribution < 1.29 is 14.3 Å². The van der Waals surface area contributed by atoms with Crippen molar-refractivity contribution in [2.75, 3.05) is 59.0 Å². The Balaban J connectivity index is 0.00000182. The van der Waals surface area contributed by atoms with E-state index in [0.717, 1.165) is 39.3 Å². The molecule has 2 atom stereocenters. The number of amides is 2. The monoisotopic (exact) mass is 424 g/mol. The molecule has 3 heterocycles. The third kappa shape index (κ3) is 5.94. The number of likely N-dealkylation sites (tertiary alicyclic amines) is 2. The van der Waals surface area contributed by atoms with E-state index in [9.17, 15) is 9.59 Å². The topological polar surface area (TPSA) is 79.1 Å². The van der Waals surface area contributed by atoms with Crippen LogP contribution in [0.2, 0.25) is 0 Å². The predicted molar refractivity (Wildman–Crippen MR) is 109 cm³/mol. The lowest BCUT2D eigenvalue weighted by Gasteiger charge is -2.43. The number of carbonyl (C=O) groups excluding carboxylic acids is 2. The van der Waals surface area contributed by atoms with Crippen LogP contribution >= 0.6 is 24.8 Å². The maximum absolute atomic E-state index is 12.9. The molecule has 0 aromatic carbocycles. The number of morpholine rings is 1. The van der Waals surface area contributed by atoms with Gasteiger partial charge in [0.2, 0.25) is 11.8 Å². The Bertz CT molecular complexity index is 515. The van der Waals surface area contributed by atoms with E-state index in [0.29, 0.717) is 32.6 Å². The van der Waals surface area contributed by atoms with Crippen molar-refractivity contribution in [3.05, 3.63) is 0 Å². The second-order valence-electron chi connectivity index (χ2n) is 8.34. The Hall–Kier alpha value is -0.600. The quantitative estimate of drug-likeness (QED) is 0.714. The van der Waals surface area contributed by atoms with Crippen molar-refractivity contribution in [3.63, 3.8) is 0 Å². The number of nitrogens with two attached hydrogens (primary N) is 1. The molecule has 2 N–H and O–H groups in total. The van der Waals surface area contributed by atoms with Gasteiger partial charge in [-0.3, -0.25) is 14.5 Å². The summed E-state index contributed by atoms with van der Waals surface area (Å²) in [6, 6.07) is 0.131. The van der Waals surface area contributed by atoms with Crippen molar-refractivity contribution >= 4 is 36.6 Å². The zero-order chi connectivity index (χ0) is 18.0. The largest absolute Gasteiger partial charge is 0.379 e. The maximum atomic E-state index is 12.9. The first-order valence-electron chi connectivity index (χ1n) is 9.49. The van der Waals surface area contributed by atoms with Crippen LogP contribution < -0.4 is 5.73 Å². The van der Waals surface area contributed by atoms with Crippen LogP contribution in [-0.2, 0) is 14.3 Å². The van der Waals surface area contributed by atoms with Crippen LogP contribution in [0.1, 0.15) is 26.7 Å². The number of carbonyl (C=O) groups is 2. The molecule has 9 heteroatoms. The van der Waals surface area contributed by atoms with Crippen molar-refractivity contribution in [1.82, 2.24) is 14.7 Å². The molecule has 0 saturated carbocycles. The van der Waals surface area contributed by atoms with E-state index in [4.69, 9.17) is 10.5 Å². The molecule has 0 aromatic heterocycles. The fourth-order valence-electron chi connectivity index (χ4n) is 4.06. The summed E-state index contributed by atoms with van der Waals surface area (Å²) < 4.78 is 5.35. The van der Waals surface area contributed by atoms with Crippen LogP contribution in [0.15, 0.2) is 0 Å². The molecular formula is C18H34Cl2N4O3. The lowest BCUT2D eigenvalue weighted by molar-refractivity contribution is -0.139. The van der Waals surface area contributed by atoms with E-state index < -0.39 is 0 Å². The van der Waals surface area contributed by atoms with Crippen LogP contribution in [0.5, 0.6) is 0 Å². The number of rotatable bonds is 4. The van der Waals surface area contributed by atoms with Crippen LogP contribution in [0, 0.1) is 11.3 Å². The first-order valence-corrected chi connectivity index (χ1v) is 9.49. The number of nitrogens with zero attached hydrogens (tertiary/aromatic N) is 3. The second-order valence-corrected chi connectivity index (χ2v) is 8.34. The van der Waals surface area contributed by atoms with Gasteiger partial charge in [-0.2, -0.15) is 0 Å². The molecule has 158 valence electrons. The molecule has 2 amide bonds. The number of halogens is 2. The van der Waals surface area contributed by atoms with Crippen molar-refractivity contribution in [2.24, 2.45) is 17.1 Å². The highest BCUT2D eigenvalue weighted by Crippen LogP contribution is 2.30. The van der Waals surface area contributed by atoms with Gasteiger partial charge in [0, 0.05) is 58.3 Å². The minimum absolute atomic E-state index is 0. The van der Waals surface area contributed by atoms with Crippen molar-refractivity contribution in [2.45, 2.75) is 32.7 Å². The maximum Gasteiger partial charge on any atom is 0.228 e. The summed E-state index contributed by atoms with van der Waals surface area (Å²) in [7, 11) is 0. The third-order valence-corrected chi connectivity index (χ3v) is 5.98. The van der Waals surface area contributed by atoms with E-state index in [1.165, 1.54) is 0 Å². The highest BCUT2D eigenvalue weighted by molar-refractivity contribution is 5.89. The fourth-order valence-corrected chi connectivity index (χ4v) is 4.06. The summed E-state index contributed by atoms with van der Waals surface area (Å²) >= 11 is 0. The van der Waals surface area contributed by atoms with Crippen LogP contribution in [-0.4, -0.2) is 91.6 Å². The van der Waals surface area contributed by atoms with Gasteiger partial charge in [0.05, 0.1) is 19.1 Å². The molecule has 0 aliphatic carbocycles. The van der Waals surface area contributed by atoms with Crippen molar-refractivity contribution in [3.8, 4) is 0 Å². The first-order chi connectivity index (χ1) is 11.9. The Labute approximate surface area is 174 Å². The summed E-state index contributed by atoms with van der Waals surface area (Å²) in [6.07, 6.45) is 1.19. The van der Waals surface area contributed by atoms with Crippen LogP contribution in [0.3, 0.4) is 0 Å². The molecule has 3 fully saturated rings. The first kappa shape index (κ1) is 24.4. The molecule has 0 radical (unpaired) electrons. The number of ether oxygens (including phenoxy) is 1. The van der Waals surface area contributed by atoms with Crippen LogP contribution in [0.4, 0.5) is 0 Å². The Kier molecular flexibility index (Phi) is 9.28. The van der Waals surface area contributed by atoms with E-state index in [2.05, 4.69) is 18.7 Å². The van der Waals surface area contributed by atoms with Gasteiger partial charge in [-0.1, -0.05) is 13.8 Å². The molecule has 3 aliphatic heterocycles. The van der Waals surface area contributed by atoms with Crippen LogP contribution in [0.25, 0.3) is 0 Å². The normalized spacial score (nSPS) is 28.5. The number of hydrogen-bond acceptors (Lipinski definition) is 5. The average molecular weight is 425 g/mol. The molecule has 2 unspecified atom stereocenters. The minimum atomic E-state index is -0.192. The summed E-state index contributed by atoms with van der Waals surface area (Å²) in [5, 5.41) is 0. The summed E-state index contributed by atoms with van der Waals surface area (Å²) in [4.78, 5) is 31.3. The van der Waals surface area contributed by atoms with Gasteiger partial charge >= 0.3 is 0 Å². The summed E-state index contributed by atoms with van der Waals surface area (Å²) in [5.41, 5.74) is 6.11. The summed E-state index contributed by atoms with van der Waals surface area (Å²) in [5.74, 6) is 0.0455. The molecule has 0 spiro atoms. The molecule has 7 nitrogen and oxygen atoms in total. The van der Waals surface area contributed by atoms with Gasteiger partial charge in [0.15, 0.2) is 0 Å². The molecule has 27 heavy (non-hydrogen) atoms. The smallest absolute Gasteiger partial charge is 0.228 e. The lowest BCUT2D eigenvalue weighted by atomic mass is 9.79. The SMILES string of the molecule is CC1(C)CN(C(=O)C2CC(=O)N(CCN3CCOCC3)C2)CCC1N.Cl.Cl. The van der Waals surface area contributed by atoms with Gasteiger partial charge in [0.1, 0.15) is 0 Å². The van der Waals surface area contributed by atoms with Gasteiger partial charge in [-0.25, -0.2) is 0 Å². The molecule has 3 saturated heterocycles. The average Bonchev–Trinajstić information content (AvgIpc) is 2.96. The standard InChI is InChI=1S/C18H32N4O3.2ClH/c1-18(2)13-22(4-3-15(18)19)17(24)14-11-16(23)21(12-14)6-5-20-7-9-25-10-8-20;;/h14-15H,3-13,19H2,1-2H3;2*1H. The second kappa shape index (κ2) is 10.3. The molecule has 3 rings (SSSR count). The molecule has 0 aromatic rings. The highest BCUT2D eigenvalue weighted by Gasteiger charge is 2.41. The van der Waals surface area contributed by atoms with Crippen molar-refractivity contribution in [1.29, 1.82) is 0 Å². The fraction of sp³-hybridized carbons (Fsp3) is 0.889. The number of piperidine rings is 1. The molecule has 0 bridgehead atoms. The van der Waals surface area contributed by atoms with E-state index in [-0.39, 0.29) is 54.0 Å².